The molecule has 1 amide bonds. The largest absolute Gasteiger partial charge is 0.481 e. The summed E-state index contributed by atoms with van der Waals surface area (Å²) in [4.78, 5) is 26.6. The number of carbonyl (C=O) groups is 2. The number of carbonyl (C=O) groups excluding carboxylic acids is 2. The van der Waals surface area contributed by atoms with Crippen molar-refractivity contribution in [1.29, 1.82) is 0 Å². The summed E-state index contributed by atoms with van der Waals surface area (Å²) in [5.74, 6) is 0.857. The highest BCUT2D eigenvalue weighted by atomic mass is 79.9. The number of nitrogens with zero attached hydrogens (tertiary/aromatic N) is 1. The van der Waals surface area contributed by atoms with E-state index in [1.807, 2.05) is 73.8 Å². The first-order valence-electron chi connectivity index (χ1n) is 12.3. The first-order valence-corrected chi connectivity index (χ1v) is 13.0. The predicted molar refractivity (Wildman–Crippen MR) is 148 cm³/mol. The minimum absolute atomic E-state index is 0.0356. The molecule has 0 aliphatic heterocycles. The van der Waals surface area contributed by atoms with E-state index in [4.69, 9.17) is 9.15 Å². The molecule has 0 aliphatic rings. The number of benzene rings is 3. The van der Waals surface area contributed by atoms with Crippen molar-refractivity contribution in [2.24, 2.45) is 0 Å². The van der Waals surface area contributed by atoms with Gasteiger partial charge in [0, 0.05) is 25.4 Å². The summed E-state index contributed by atoms with van der Waals surface area (Å²) in [6, 6.07) is 21.5. The molecule has 7 heteroatoms. The van der Waals surface area contributed by atoms with Gasteiger partial charge in [-0.05, 0) is 57.2 Å². The predicted octanol–water partition coefficient (Wildman–Crippen LogP) is 7.03. The molecule has 0 aliphatic carbocycles. The van der Waals surface area contributed by atoms with E-state index < -0.39 is 5.97 Å². The number of methoxy groups -OCH3 is 1. The Morgan fingerprint density at radius 1 is 1.00 bits per heavy atom. The van der Waals surface area contributed by atoms with Crippen LogP contribution in [0, 0.1) is 0 Å². The molecule has 0 spiro atoms. The number of para-hydroxylation sites is 1. The van der Waals surface area contributed by atoms with Crippen LogP contribution in [0.3, 0.4) is 0 Å². The van der Waals surface area contributed by atoms with Gasteiger partial charge in [-0.1, -0.05) is 61.9 Å². The van der Waals surface area contributed by atoms with Gasteiger partial charge >= 0.3 is 5.97 Å². The highest BCUT2D eigenvalue weighted by molar-refractivity contribution is 9.10. The van der Waals surface area contributed by atoms with Gasteiger partial charge in [-0.15, -0.1) is 0 Å². The summed E-state index contributed by atoms with van der Waals surface area (Å²) in [6.45, 7) is 2.46. The maximum atomic E-state index is 13.5. The second kappa shape index (κ2) is 12.1. The standard InChI is InChI=1S/C30H30BrNO5/c1-4-5-9-27-29(23-8-6-7-10-25(23)37-27)30(34)32(2)18-20-11-13-21(14-12-20)22-15-16-26(24(31)17-22)36-19-28(33)35-3/h6-8,10-17H,4-5,9,18-19H2,1-3H3. The third-order valence-corrected chi connectivity index (χ3v) is 6.82. The first-order chi connectivity index (χ1) is 17.9. The third-order valence-electron chi connectivity index (χ3n) is 6.20. The van der Waals surface area contributed by atoms with Crippen molar-refractivity contribution in [1.82, 2.24) is 4.90 Å². The van der Waals surface area contributed by atoms with Crippen molar-refractivity contribution in [3.8, 4) is 16.9 Å². The fourth-order valence-electron chi connectivity index (χ4n) is 4.18. The SMILES string of the molecule is CCCCc1oc2ccccc2c1C(=O)N(C)Cc1ccc(-c2ccc(OCC(=O)OC)c(Br)c2)cc1. The summed E-state index contributed by atoms with van der Waals surface area (Å²) >= 11 is 3.51. The highest BCUT2D eigenvalue weighted by Crippen LogP contribution is 2.32. The van der Waals surface area contributed by atoms with Crippen LogP contribution in [0.2, 0.25) is 0 Å². The number of hydrogen-bond acceptors (Lipinski definition) is 5. The van der Waals surface area contributed by atoms with Gasteiger partial charge in [-0.25, -0.2) is 4.79 Å². The molecule has 0 N–H and O–H groups in total. The van der Waals surface area contributed by atoms with Gasteiger partial charge in [0.15, 0.2) is 6.61 Å². The van der Waals surface area contributed by atoms with E-state index in [1.54, 1.807) is 4.90 Å². The third kappa shape index (κ3) is 6.23. The molecule has 0 saturated carbocycles. The number of fused-ring (bicyclic) bond motifs is 1. The Morgan fingerprint density at radius 3 is 2.43 bits per heavy atom. The molecular weight excluding hydrogens is 534 g/mol. The number of amides is 1. The van der Waals surface area contributed by atoms with Gasteiger partial charge in [0.2, 0.25) is 0 Å². The molecule has 0 unspecified atom stereocenters. The molecule has 0 saturated heterocycles. The normalized spacial score (nSPS) is 10.9. The summed E-state index contributed by atoms with van der Waals surface area (Å²) in [5, 5.41) is 0.866. The molecule has 0 atom stereocenters. The van der Waals surface area contributed by atoms with Crippen LogP contribution in [0.25, 0.3) is 22.1 Å². The lowest BCUT2D eigenvalue weighted by Crippen LogP contribution is -2.26. The molecule has 4 aromatic rings. The molecule has 0 fully saturated rings. The number of rotatable bonds is 10. The van der Waals surface area contributed by atoms with E-state index in [9.17, 15) is 9.59 Å². The molecule has 1 aromatic heterocycles. The number of ether oxygens (including phenoxy) is 2. The van der Waals surface area contributed by atoms with Crippen LogP contribution in [0.15, 0.2) is 75.6 Å². The van der Waals surface area contributed by atoms with E-state index in [1.165, 1.54) is 7.11 Å². The van der Waals surface area contributed by atoms with Crippen LogP contribution in [-0.4, -0.2) is 37.5 Å². The average molecular weight is 564 g/mol. The van der Waals surface area contributed by atoms with Crippen LogP contribution < -0.4 is 4.74 Å². The van der Waals surface area contributed by atoms with E-state index >= 15 is 0 Å². The summed E-state index contributed by atoms with van der Waals surface area (Å²) < 4.78 is 16.9. The maximum Gasteiger partial charge on any atom is 0.343 e. The van der Waals surface area contributed by atoms with Crippen LogP contribution in [0.4, 0.5) is 0 Å². The Morgan fingerprint density at radius 2 is 1.73 bits per heavy atom. The van der Waals surface area contributed by atoms with Gasteiger partial charge in [0.05, 0.1) is 17.1 Å². The van der Waals surface area contributed by atoms with E-state index in [0.29, 0.717) is 17.9 Å². The van der Waals surface area contributed by atoms with E-state index in [-0.39, 0.29) is 12.5 Å². The zero-order valence-electron chi connectivity index (χ0n) is 21.3. The Hall–Kier alpha value is -3.58. The minimum Gasteiger partial charge on any atom is -0.481 e. The monoisotopic (exact) mass is 563 g/mol. The Kier molecular flexibility index (Phi) is 8.66. The number of hydrogen-bond donors (Lipinski definition) is 0. The number of furan rings is 1. The van der Waals surface area contributed by atoms with Crippen molar-refractivity contribution in [2.45, 2.75) is 32.7 Å². The minimum atomic E-state index is -0.437. The zero-order chi connectivity index (χ0) is 26.4. The molecule has 37 heavy (non-hydrogen) atoms. The quantitative estimate of drug-likeness (QED) is 0.194. The molecule has 192 valence electrons. The Balaban J connectivity index is 1.47. The van der Waals surface area contributed by atoms with Crippen LogP contribution in [0.5, 0.6) is 5.75 Å². The van der Waals surface area contributed by atoms with Gasteiger partial charge in [0.1, 0.15) is 17.1 Å². The number of unbranched alkanes of at least 4 members (excludes halogenated alkanes) is 1. The molecule has 0 radical (unpaired) electrons. The average Bonchev–Trinajstić information content (AvgIpc) is 3.29. The van der Waals surface area contributed by atoms with Gasteiger partial charge in [-0.2, -0.15) is 0 Å². The van der Waals surface area contributed by atoms with Crippen molar-refractivity contribution in [3.63, 3.8) is 0 Å². The molecular formula is C30H30BrNO5. The molecule has 1 heterocycles. The molecule has 0 bridgehead atoms. The topological polar surface area (TPSA) is 69.0 Å². The maximum absolute atomic E-state index is 13.5. The number of halogens is 1. The smallest absolute Gasteiger partial charge is 0.343 e. The number of aryl methyl sites for hydroxylation is 1. The second-order valence-electron chi connectivity index (χ2n) is 8.87. The Bertz CT molecular complexity index is 1390. The van der Waals surface area contributed by atoms with Crippen molar-refractivity contribution >= 4 is 38.8 Å². The highest BCUT2D eigenvalue weighted by Gasteiger charge is 2.23. The van der Waals surface area contributed by atoms with Gasteiger partial charge in [-0.3, -0.25) is 4.79 Å². The van der Waals surface area contributed by atoms with E-state index in [2.05, 4.69) is 27.6 Å². The zero-order valence-corrected chi connectivity index (χ0v) is 22.8. The second-order valence-corrected chi connectivity index (χ2v) is 9.72. The summed E-state index contributed by atoms with van der Waals surface area (Å²) in [7, 11) is 3.15. The lowest BCUT2D eigenvalue weighted by molar-refractivity contribution is -0.142. The van der Waals surface area contributed by atoms with Gasteiger partial charge < -0.3 is 18.8 Å². The van der Waals surface area contributed by atoms with Crippen LogP contribution in [-0.2, 0) is 22.5 Å². The van der Waals surface area contributed by atoms with Crippen molar-refractivity contribution in [3.05, 3.63) is 88.1 Å². The summed E-state index contributed by atoms with van der Waals surface area (Å²) in [5.41, 5.74) is 4.48. The first kappa shape index (κ1) is 26.5. The van der Waals surface area contributed by atoms with Crippen molar-refractivity contribution in [2.75, 3.05) is 20.8 Å². The molecule has 3 aromatic carbocycles. The fraction of sp³-hybridized carbons (Fsp3) is 0.267. The van der Waals surface area contributed by atoms with Crippen LogP contribution >= 0.6 is 15.9 Å². The molecule has 6 nitrogen and oxygen atoms in total. The lowest BCUT2D eigenvalue weighted by atomic mass is 10.0. The fourth-order valence-corrected chi connectivity index (χ4v) is 4.67. The van der Waals surface area contributed by atoms with Gasteiger partial charge in [0.25, 0.3) is 5.91 Å². The summed E-state index contributed by atoms with van der Waals surface area (Å²) in [6.07, 6.45) is 2.75. The van der Waals surface area contributed by atoms with Crippen LogP contribution in [0.1, 0.15) is 41.4 Å². The van der Waals surface area contributed by atoms with E-state index in [0.717, 1.165) is 57.2 Å². The Labute approximate surface area is 225 Å². The molecule has 4 rings (SSSR count). The van der Waals surface area contributed by atoms with Crippen molar-refractivity contribution < 1.29 is 23.5 Å². The number of esters is 1. The lowest BCUT2D eigenvalue weighted by Gasteiger charge is -2.18.